The topological polar surface area (TPSA) is 35.5 Å². The molecule has 1 aliphatic heterocycles. The maximum Gasteiger partial charge on any atom is 0.163 e. The number of fused-ring (bicyclic) bond motifs is 1. The molecule has 0 saturated carbocycles. The maximum absolute atomic E-state index is 12.2. The highest BCUT2D eigenvalue weighted by Gasteiger charge is 2.17. The van der Waals surface area contributed by atoms with Crippen LogP contribution in [0.15, 0.2) is 18.2 Å². The first-order valence-corrected chi connectivity index (χ1v) is 7.03. The van der Waals surface area contributed by atoms with E-state index in [0.29, 0.717) is 37.2 Å². The van der Waals surface area contributed by atoms with Gasteiger partial charge in [-0.05, 0) is 24.1 Å². The van der Waals surface area contributed by atoms with Gasteiger partial charge < -0.3 is 9.47 Å². The Kier molecular flexibility index (Phi) is 4.46. The fourth-order valence-electron chi connectivity index (χ4n) is 2.00. The van der Waals surface area contributed by atoms with Crippen LogP contribution in [0.2, 0.25) is 0 Å². The number of Topliss-reactive ketones (excluding diaryl/α,β-unsaturated/α-hetero) is 1. The van der Waals surface area contributed by atoms with E-state index in [1.165, 1.54) is 0 Å². The van der Waals surface area contributed by atoms with Gasteiger partial charge in [-0.3, -0.25) is 4.79 Å². The summed E-state index contributed by atoms with van der Waals surface area (Å²) in [6, 6.07) is 5.50. The van der Waals surface area contributed by atoms with Crippen LogP contribution < -0.4 is 9.47 Å². The molecule has 0 N–H and O–H groups in total. The summed E-state index contributed by atoms with van der Waals surface area (Å²) in [6.45, 7) is 7.58. The van der Waals surface area contributed by atoms with E-state index < -0.39 is 0 Å². The lowest BCUT2D eigenvalue weighted by Crippen LogP contribution is -2.12. The van der Waals surface area contributed by atoms with Gasteiger partial charge in [0.15, 0.2) is 17.3 Å². The Morgan fingerprint density at radius 2 is 2.00 bits per heavy atom. The van der Waals surface area contributed by atoms with Crippen molar-refractivity contribution < 1.29 is 14.3 Å². The molecule has 2 atom stereocenters. The van der Waals surface area contributed by atoms with Gasteiger partial charge in [-0.15, -0.1) is 0 Å². The first-order valence-electron chi connectivity index (χ1n) is 7.03. The third-order valence-electron chi connectivity index (χ3n) is 3.54. The highest BCUT2D eigenvalue weighted by atomic mass is 16.5. The van der Waals surface area contributed by atoms with Crippen LogP contribution in [-0.4, -0.2) is 19.0 Å². The SMILES string of the molecule is CCC(C)CC(=O)c1ccc2c(c1)OCC(C)CO2. The minimum absolute atomic E-state index is 0.179. The molecule has 0 spiro atoms. The number of ether oxygens (including phenoxy) is 2. The van der Waals surface area contributed by atoms with Crippen molar-refractivity contribution in [1.82, 2.24) is 0 Å². The first-order chi connectivity index (χ1) is 9.10. The average Bonchev–Trinajstić information content (AvgIpc) is 2.60. The molecule has 2 unspecified atom stereocenters. The van der Waals surface area contributed by atoms with Gasteiger partial charge in [0.05, 0.1) is 13.2 Å². The van der Waals surface area contributed by atoms with Crippen LogP contribution in [0.4, 0.5) is 0 Å². The summed E-state index contributed by atoms with van der Waals surface area (Å²) in [5, 5.41) is 0. The smallest absolute Gasteiger partial charge is 0.163 e. The van der Waals surface area contributed by atoms with E-state index in [0.717, 1.165) is 17.7 Å². The molecule has 2 rings (SSSR count). The zero-order chi connectivity index (χ0) is 13.8. The predicted molar refractivity (Wildman–Crippen MR) is 75.0 cm³/mol. The van der Waals surface area contributed by atoms with E-state index >= 15 is 0 Å². The van der Waals surface area contributed by atoms with Crippen LogP contribution in [0.1, 0.15) is 44.0 Å². The van der Waals surface area contributed by atoms with E-state index in [1.807, 2.05) is 18.2 Å². The molecule has 1 heterocycles. The molecule has 0 bridgehead atoms. The number of benzene rings is 1. The summed E-state index contributed by atoms with van der Waals surface area (Å²) in [4.78, 5) is 12.2. The molecule has 0 radical (unpaired) electrons. The fourth-order valence-corrected chi connectivity index (χ4v) is 2.00. The van der Waals surface area contributed by atoms with Crippen LogP contribution >= 0.6 is 0 Å². The van der Waals surface area contributed by atoms with Crippen molar-refractivity contribution in [3.63, 3.8) is 0 Å². The predicted octanol–water partition coefficient (Wildman–Crippen LogP) is 3.71. The zero-order valence-corrected chi connectivity index (χ0v) is 11.9. The van der Waals surface area contributed by atoms with Crippen molar-refractivity contribution in [3.8, 4) is 11.5 Å². The molecule has 19 heavy (non-hydrogen) atoms. The lowest BCUT2D eigenvalue weighted by Gasteiger charge is -2.10. The highest BCUT2D eigenvalue weighted by molar-refractivity contribution is 5.96. The van der Waals surface area contributed by atoms with Gasteiger partial charge in [0.1, 0.15) is 0 Å². The minimum atomic E-state index is 0.179. The molecule has 3 heteroatoms. The fraction of sp³-hybridized carbons (Fsp3) is 0.562. The molecular weight excluding hydrogens is 240 g/mol. The van der Waals surface area contributed by atoms with Crippen LogP contribution in [0.3, 0.4) is 0 Å². The molecule has 0 aromatic heterocycles. The van der Waals surface area contributed by atoms with Gasteiger partial charge >= 0.3 is 0 Å². The Morgan fingerprint density at radius 3 is 2.68 bits per heavy atom. The second kappa shape index (κ2) is 6.09. The van der Waals surface area contributed by atoms with Crippen LogP contribution in [-0.2, 0) is 0 Å². The van der Waals surface area contributed by atoms with Crippen molar-refractivity contribution in [2.24, 2.45) is 11.8 Å². The lowest BCUT2D eigenvalue weighted by atomic mass is 9.97. The summed E-state index contributed by atoms with van der Waals surface area (Å²) in [5.41, 5.74) is 0.720. The maximum atomic E-state index is 12.2. The Labute approximate surface area is 114 Å². The largest absolute Gasteiger partial charge is 0.489 e. The Balaban J connectivity index is 2.14. The molecule has 0 fully saturated rings. The van der Waals surface area contributed by atoms with E-state index in [-0.39, 0.29) is 5.78 Å². The van der Waals surface area contributed by atoms with Crippen LogP contribution in [0, 0.1) is 11.8 Å². The number of ketones is 1. The van der Waals surface area contributed by atoms with Gasteiger partial charge in [0.25, 0.3) is 0 Å². The van der Waals surface area contributed by atoms with E-state index in [9.17, 15) is 4.79 Å². The van der Waals surface area contributed by atoms with Crippen molar-refractivity contribution in [2.75, 3.05) is 13.2 Å². The molecule has 1 aliphatic rings. The van der Waals surface area contributed by atoms with Crippen molar-refractivity contribution in [1.29, 1.82) is 0 Å². The standard InChI is InChI=1S/C16H22O3/c1-4-11(2)7-14(17)13-5-6-15-16(8-13)19-10-12(3)9-18-15/h5-6,8,11-12H,4,7,9-10H2,1-3H3. The summed E-state index contributed by atoms with van der Waals surface area (Å²) >= 11 is 0. The minimum Gasteiger partial charge on any atom is -0.489 e. The molecule has 1 aromatic carbocycles. The van der Waals surface area contributed by atoms with Gasteiger partial charge in [-0.2, -0.15) is 0 Å². The molecule has 104 valence electrons. The molecule has 0 amide bonds. The van der Waals surface area contributed by atoms with E-state index in [1.54, 1.807) is 0 Å². The third-order valence-corrected chi connectivity index (χ3v) is 3.54. The first kappa shape index (κ1) is 13.9. The van der Waals surface area contributed by atoms with Gasteiger partial charge in [0.2, 0.25) is 0 Å². The normalized spacial score (nSPS) is 19.6. The molecular formula is C16H22O3. The second-order valence-electron chi connectivity index (χ2n) is 5.53. The van der Waals surface area contributed by atoms with E-state index in [4.69, 9.17) is 9.47 Å². The molecule has 1 aromatic rings. The van der Waals surface area contributed by atoms with Gasteiger partial charge in [-0.25, -0.2) is 0 Å². The summed E-state index contributed by atoms with van der Waals surface area (Å²) < 4.78 is 11.4. The summed E-state index contributed by atoms with van der Waals surface area (Å²) in [6.07, 6.45) is 1.61. The van der Waals surface area contributed by atoms with Crippen LogP contribution in [0.25, 0.3) is 0 Å². The van der Waals surface area contributed by atoms with Gasteiger partial charge in [0, 0.05) is 17.9 Å². The number of hydrogen-bond donors (Lipinski definition) is 0. The highest BCUT2D eigenvalue weighted by Crippen LogP contribution is 2.32. The monoisotopic (exact) mass is 262 g/mol. The summed E-state index contributed by atoms with van der Waals surface area (Å²) in [5.74, 6) is 2.40. The quantitative estimate of drug-likeness (QED) is 0.776. The van der Waals surface area contributed by atoms with Crippen molar-refractivity contribution in [2.45, 2.75) is 33.6 Å². The van der Waals surface area contributed by atoms with Crippen molar-refractivity contribution in [3.05, 3.63) is 23.8 Å². The second-order valence-corrected chi connectivity index (χ2v) is 5.53. The Bertz CT molecular complexity index is 453. The Morgan fingerprint density at radius 1 is 1.32 bits per heavy atom. The zero-order valence-electron chi connectivity index (χ0n) is 11.9. The Hall–Kier alpha value is -1.51. The average molecular weight is 262 g/mol. The number of hydrogen-bond acceptors (Lipinski definition) is 3. The number of carbonyl (C=O) groups is 1. The number of rotatable bonds is 4. The lowest BCUT2D eigenvalue weighted by molar-refractivity contribution is 0.0963. The van der Waals surface area contributed by atoms with Crippen molar-refractivity contribution >= 4 is 5.78 Å². The summed E-state index contributed by atoms with van der Waals surface area (Å²) in [7, 11) is 0. The molecule has 0 saturated heterocycles. The molecule has 3 nitrogen and oxygen atoms in total. The van der Waals surface area contributed by atoms with Gasteiger partial charge in [-0.1, -0.05) is 27.2 Å². The van der Waals surface area contributed by atoms with Crippen LogP contribution in [0.5, 0.6) is 11.5 Å². The molecule has 0 aliphatic carbocycles. The number of carbonyl (C=O) groups excluding carboxylic acids is 1. The van der Waals surface area contributed by atoms with E-state index in [2.05, 4.69) is 20.8 Å². The third kappa shape index (κ3) is 3.49.